The topological polar surface area (TPSA) is 57.6 Å². The Morgan fingerprint density at radius 2 is 2.25 bits per heavy atom. The van der Waals surface area contributed by atoms with Gasteiger partial charge in [-0.15, -0.1) is 0 Å². The van der Waals surface area contributed by atoms with Gasteiger partial charge >= 0.3 is 5.97 Å². The maximum absolute atomic E-state index is 12.2. The van der Waals surface area contributed by atoms with Crippen molar-refractivity contribution < 1.29 is 14.7 Å². The molecule has 1 aliphatic heterocycles. The van der Waals surface area contributed by atoms with E-state index in [-0.39, 0.29) is 12.3 Å². The molecule has 0 spiro atoms. The summed E-state index contributed by atoms with van der Waals surface area (Å²) in [6.45, 7) is 1.56. The zero-order valence-electron chi connectivity index (χ0n) is 11.6. The average Bonchev–Trinajstić information content (AvgIpc) is 2.96. The quantitative estimate of drug-likeness (QED) is 0.878. The zero-order valence-corrected chi connectivity index (χ0v) is 12.4. The number of likely N-dealkylation sites (tertiary alicyclic amines) is 1. The number of carboxylic acid groups (broad SMARTS) is 1. The molecule has 0 aliphatic carbocycles. The van der Waals surface area contributed by atoms with Crippen LogP contribution < -0.4 is 0 Å². The second-order valence-electron chi connectivity index (χ2n) is 5.41. The van der Waals surface area contributed by atoms with E-state index < -0.39 is 5.97 Å². The number of carbonyl (C=O) groups excluding carboxylic acids is 1. The molecule has 0 aromatic carbocycles. The Bertz CT molecular complexity index is 444. The van der Waals surface area contributed by atoms with Crippen LogP contribution >= 0.6 is 11.3 Å². The Kier molecular flexibility index (Phi) is 5.59. The van der Waals surface area contributed by atoms with E-state index in [9.17, 15) is 9.59 Å². The summed E-state index contributed by atoms with van der Waals surface area (Å²) in [6.07, 6.45) is 4.29. The highest BCUT2D eigenvalue weighted by atomic mass is 32.1. The Hall–Kier alpha value is -1.36. The number of hydrogen-bond donors (Lipinski definition) is 1. The largest absolute Gasteiger partial charge is 0.481 e. The number of carbonyl (C=O) groups is 2. The van der Waals surface area contributed by atoms with E-state index in [0.29, 0.717) is 18.8 Å². The van der Waals surface area contributed by atoms with E-state index in [2.05, 4.69) is 11.4 Å². The van der Waals surface area contributed by atoms with Crippen molar-refractivity contribution in [3.8, 4) is 0 Å². The molecule has 2 rings (SSSR count). The third-order valence-corrected chi connectivity index (χ3v) is 4.58. The van der Waals surface area contributed by atoms with Gasteiger partial charge in [-0.05, 0) is 54.0 Å². The summed E-state index contributed by atoms with van der Waals surface area (Å²) in [4.78, 5) is 24.7. The van der Waals surface area contributed by atoms with Gasteiger partial charge in [0.15, 0.2) is 0 Å². The van der Waals surface area contributed by atoms with Gasteiger partial charge in [-0.25, -0.2) is 0 Å². The monoisotopic (exact) mass is 295 g/mol. The number of carboxylic acids is 1. The van der Waals surface area contributed by atoms with Crippen LogP contribution in [0, 0.1) is 5.92 Å². The lowest BCUT2D eigenvalue weighted by molar-refractivity contribution is -0.137. The number of rotatable bonds is 6. The van der Waals surface area contributed by atoms with Crippen LogP contribution in [0.4, 0.5) is 0 Å². The van der Waals surface area contributed by atoms with Gasteiger partial charge in [0.2, 0.25) is 5.91 Å². The number of amides is 1. The molecule has 1 N–H and O–H groups in total. The van der Waals surface area contributed by atoms with Gasteiger partial charge < -0.3 is 10.0 Å². The molecule has 0 radical (unpaired) electrons. The van der Waals surface area contributed by atoms with Crippen molar-refractivity contribution in [3.63, 3.8) is 0 Å². The first-order valence-corrected chi connectivity index (χ1v) is 8.10. The molecule has 1 aliphatic rings. The second-order valence-corrected chi connectivity index (χ2v) is 6.19. The summed E-state index contributed by atoms with van der Waals surface area (Å²) in [5.41, 5.74) is 1.22. The molecule has 1 fully saturated rings. The van der Waals surface area contributed by atoms with E-state index in [1.54, 1.807) is 11.3 Å². The first-order chi connectivity index (χ1) is 9.65. The third kappa shape index (κ3) is 4.63. The number of aryl methyl sites for hydroxylation is 1. The van der Waals surface area contributed by atoms with Crippen molar-refractivity contribution in [1.82, 2.24) is 4.90 Å². The molecule has 1 aromatic heterocycles. The summed E-state index contributed by atoms with van der Waals surface area (Å²) in [5, 5.41) is 12.8. The van der Waals surface area contributed by atoms with Gasteiger partial charge in [0.25, 0.3) is 0 Å². The molecule has 2 heterocycles. The minimum Gasteiger partial charge on any atom is -0.481 e. The fourth-order valence-electron chi connectivity index (χ4n) is 2.70. The second kappa shape index (κ2) is 7.43. The number of piperidine rings is 1. The lowest BCUT2D eigenvalue weighted by Crippen LogP contribution is -2.40. The van der Waals surface area contributed by atoms with Gasteiger partial charge in [-0.2, -0.15) is 11.3 Å². The van der Waals surface area contributed by atoms with Crippen molar-refractivity contribution in [2.45, 2.75) is 38.5 Å². The summed E-state index contributed by atoms with van der Waals surface area (Å²) >= 11 is 1.66. The van der Waals surface area contributed by atoms with Crippen LogP contribution in [-0.4, -0.2) is 35.0 Å². The zero-order chi connectivity index (χ0) is 14.4. The van der Waals surface area contributed by atoms with Crippen LogP contribution in [0.5, 0.6) is 0 Å². The predicted octanol–water partition coefficient (Wildman–Crippen LogP) is 2.78. The summed E-state index contributed by atoms with van der Waals surface area (Å²) in [7, 11) is 0. The number of aliphatic carboxylic acids is 1. The summed E-state index contributed by atoms with van der Waals surface area (Å²) in [5.74, 6) is -0.188. The molecule has 0 bridgehead atoms. The molecule has 0 saturated carbocycles. The Labute approximate surface area is 123 Å². The SMILES string of the molecule is O=C(O)CC[C@@H]1CCCN(C(=O)CCc2ccsc2)C1. The average molecular weight is 295 g/mol. The van der Waals surface area contributed by atoms with Crippen LogP contribution in [0.15, 0.2) is 16.8 Å². The minimum absolute atomic E-state index is 0.205. The predicted molar refractivity (Wildman–Crippen MR) is 78.8 cm³/mol. The minimum atomic E-state index is -0.745. The Morgan fingerprint density at radius 3 is 2.95 bits per heavy atom. The van der Waals surface area contributed by atoms with Crippen molar-refractivity contribution in [2.75, 3.05) is 13.1 Å². The van der Waals surface area contributed by atoms with Gasteiger partial charge in [0.05, 0.1) is 0 Å². The normalized spacial score (nSPS) is 19.0. The highest BCUT2D eigenvalue weighted by molar-refractivity contribution is 7.07. The van der Waals surface area contributed by atoms with Crippen LogP contribution in [0.3, 0.4) is 0 Å². The molecular formula is C15H21NO3S. The standard InChI is InChI=1S/C15H21NO3S/c17-14(5-3-13-7-9-20-11-13)16-8-1-2-12(10-16)4-6-15(18)19/h7,9,11-12H,1-6,8,10H2,(H,18,19)/t12-/m0/s1. The van der Waals surface area contributed by atoms with Crippen molar-refractivity contribution in [1.29, 1.82) is 0 Å². The Morgan fingerprint density at radius 1 is 1.40 bits per heavy atom. The number of nitrogens with zero attached hydrogens (tertiary/aromatic N) is 1. The fraction of sp³-hybridized carbons (Fsp3) is 0.600. The van der Waals surface area contributed by atoms with Gasteiger partial charge in [-0.1, -0.05) is 0 Å². The Balaban J connectivity index is 1.76. The third-order valence-electron chi connectivity index (χ3n) is 3.85. The molecule has 1 saturated heterocycles. The van der Waals surface area contributed by atoms with Crippen molar-refractivity contribution in [2.24, 2.45) is 5.92 Å². The molecule has 1 aromatic rings. The van der Waals surface area contributed by atoms with Crippen LogP contribution in [-0.2, 0) is 16.0 Å². The van der Waals surface area contributed by atoms with Crippen molar-refractivity contribution in [3.05, 3.63) is 22.4 Å². The highest BCUT2D eigenvalue weighted by Crippen LogP contribution is 2.22. The first-order valence-electron chi connectivity index (χ1n) is 7.16. The molecule has 5 heteroatoms. The smallest absolute Gasteiger partial charge is 0.303 e. The molecule has 0 unspecified atom stereocenters. The molecule has 4 nitrogen and oxygen atoms in total. The van der Waals surface area contributed by atoms with Crippen molar-refractivity contribution >= 4 is 23.2 Å². The van der Waals surface area contributed by atoms with Crippen LogP contribution in [0.1, 0.15) is 37.7 Å². The highest BCUT2D eigenvalue weighted by Gasteiger charge is 2.23. The van der Waals surface area contributed by atoms with Gasteiger partial charge in [0.1, 0.15) is 0 Å². The van der Waals surface area contributed by atoms with E-state index in [0.717, 1.165) is 32.4 Å². The van der Waals surface area contributed by atoms with E-state index >= 15 is 0 Å². The van der Waals surface area contributed by atoms with E-state index in [4.69, 9.17) is 5.11 Å². The van der Waals surface area contributed by atoms with Crippen LogP contribution in [0.2, 0.25) is 0 Å². The van der Waals surface area contributed by atoms with Gasteiger partial charge in [-0.3, -0.25) is 9.59 Å². The molecule has 1 amide bonds. The number of thiophene rings is 1. The molecule has 1 atom stereocenters. The lowest BCUT2D eigenvalue weighted by Gasteiger charge is -2.32. The first kappa shape index (κ1) is 15.0. The maximum Gasteiger partial charge on any atom is 0.303 e. The van der Waals surface area contributed by atoms with E-state index in [1.165, 1.54) is 5.56 Å². The lowest BCUT2D eigenvalue weighted by atomic mass is 9.93. The maximum atomic E-state index is 12.2. The summed E-state index contributed by atoms with van der Waals surface area (Å²) in [6, 6.07) is 2.06. The summed E-state index contributed by atoms with van der Waals surface area (Å²) < 4.78 is 0. The fourth-order valence-corrected chi connectivity index (χ4v) is 3.40. The molecule has 20 heavy (non-hydrogen) atoms. The number of hydrogen-bond acceptors (Lipinski definition) is 3. The van der Waals surface area contributed by atoms with Gasteiger partial charge in [0, 0.05) is 25.9 Å². The molecule has 110 valence electrons. The van der Waals surface area contributed by atoms with E-state index in [1.807, 2.05) is 10.3 Å². The molecular weight excluding hydrogens is 274 g/mol. The van der Waals surface area contributed by atoms with Crippen LogP contribution in [0.25, 0.3) is 0 Å².